The maximum absolute atomic E-state index is 11.2. The van der Waals surface area contributed by atoms with E-state index in [0.717, 1.165) is 14.6 Å². The van der Waals surface area contributed by atoms with Crippen molar-refractivity contribution < 1.29 is 9.59 Å². The van der Waals surface area contributed by atoms with Gasteiger partial charge in [0.25, 0.3) is 0 Å². The SMILES string of the molecule is C#CCC(=O)NCC(=O)NC1CC=P1. The Morgan fingerprint density at radius 3 is 2.79 bits per heavy atom. The summed E-state index contributed by atoms with van der Waals surface area (Å²) in [6.45, 7) is 0.00648. The monoisotopic (exact) mass is 210 g/mol. The number of amides is 2. The zero-order valence-corrected chi connectivity index (χ0v) is 8.51. The zero-order valence-electron chi connectivity index (χ0n) is 7.62. The van der Waals surface area contributed by atoms with Crippen molar-refractivity contribution in [2.45, 2.75) is 18.6 Å². The average Bonchev–Trinajstić information content (AvgIpc) is 2.09. The number of hydrogen-bond donors (Lipinski definition) is 2. The van der Waals surface area contributed by atoms with E-state index in [2.05, 4.69) is 22.4 Å². The Balaban J connectivity index is 2.11. The Morgan fingerprint density at radius 1 is 1.57 bits per heavy atom. The van der Waals surface area contributed by atoms with Crippen LogP contribution in [0.15, 0.2) is 0 Å². The summed E-state index contributed by atoms with van der Waals surface area (Å²) in [7, 11) is 1.14. The predicted molar refractivity (Wildman–Crippen MR) is 56.0 cm³/mol. The number of nitrogens with one attached hydrogen (secondary N) is 2. The molecule has 0 spiro atoms. The second kappa shape index (κ2) is 5.41. The average molecular weight is 210 g/mol. The Hall–Kier alpha value is -1.33. The summed E-state index contributed by atoms with van der Waals surface area (Å²) in [6.07, 6.45) is 5.86. The van der Waals surface area contributed by atoms with Crippen molar-refractivity contribution >= 4 is 25.8 Å². The van der Waals surface area contributed by atoms with Crippen LogP contribution >= 0.6 is 8.20 Å². The summed E-state index contributed by atoms with van der Waals surface area (Å²) in [5.74, 6) is 4.05. The molecule has 2 N–H and O–H groups in total. The molecule has 4 nitrogen and oxygen atoms in total. The molecule has 1 unspecified atom stereocenters. The third-order valence-corrected chi connectivity index (χ3v) is 2.77. The minimum absolute atomic E-state index is 0.00648. The highest BCUT2D eigenvalue weighted by Crippen LogP contribution is 2.17. The van der Waals surface area contributed by atoms with Crippen LogP contribution in [-0.2, 0) is 9.59 Å². The van der Waals surface area contributed by atoms with Crippen molar-refractivity contribution in [3.8, 4) is 12.3 Å². The Morgan fingerprint density at radius 2 is 2.29 bits per heavy atom. The van der Waals surface area contributed by atoms with Gasteiger partial charge in [-0.25, -0.2) is 0 Å². The summed E-state index contributed by atoms with van der Waals surface area (Å²) in [5, 5.41) is 5.20. The fourth-order valence-corrected chi connectivity index (χ4v) is 1.52. The molecule has 0 aliphatic carbocycles. The largest absolute Gasteiger partial charge is 0.346 e. The fraction of sp³-hybridized carbons (Fsp3) is 0.444. The van der Waals surface area contributed by atoms with Crippen LogP contribution in [0.5, 0.6) is 0 Å². The van der Waals surface area contributed by atoms with E-state index in [1.807, 2.05) is 0 Å². The smallest absolute Gasteiger partial charge is 0.240 e. The quantitative estimate of drug-likeness (QED) is 0.495. The van der Waals surface area contributed by atoms with Crippen LogP contribution in [0.2, 0.25) is 0 Å². The summed E-state index contributed by atoms with van der Waals surface area (Å²) < 4.78 is 0. The molecular formula is C9H11N2O2P. The zero-order chi connectivity index (χ0) is 10.4. The van der Waals surface area contributed by atoms with Crippen molar-refractivity contribution in [1.29, 1.82) is 0 Å². The van der Waals surface area contributed by atoms with Crippen LogP contribution in [0.4, 0.5) is 0 Å². The highest BCUT2D eigenvalue weighted by molar-refractivity contribution is 7.41. The van der Waals surface area contributed by atoms with E-state index in [9.17, 15) is 9.59 Å². The van der Waals surface area contributed by atoms with E-state index in [0.29, 0.717) is 0 Å². The summed E-state index contributed by atoms with van der Waals surface area (Å²) in [4.78, 5) is 22.0. The lowest BCUT2D eigenvalue weighted by atomic mass is 10.4. The Kier molecular flexibility index (Phi) is 4.15. The molecule has 1 aliphatic heterocycles. The first-order valence-corrected chi connectivity index (χ1v) is 5.27. The molecule has 0 radical (unpaired) electrons. The second-order valence-corrected chi connectivity index (χ2v) is 4.09. The number of carbonyl (C=O) groups excluding carboxylic acids is 2. The van der Waals surface area contributed by atoms with Gasteiger partial charge >= 0.3 is 0 Å². The second-order valence-electron chi connectivity index (χ2n) is 2.81. The standard InChI is InChI=1S/C9H11N2O2P/c1-2-3-7(12)10-6-8(13)11-9-4-5-14-9/h1,5,9H,3-4,6H2,(H,10,12)(H,11,13). The molecule has 0 bridgehead atoms. The molecule has 14 heavy (non-hydrogen) atoms. The van der Waals surface area contributed by atoms with Gasteiger partial charge in [-0.2, -0.15) is 0 Å². The normalized spacial score (nSPS) is 18.9. The minimum Gasteiger partial charge on any atom is -0.346 e. The summed E-state index contributed by atoms with van der Waals surface area (Å²) >= 11 is 0. The van der Waals surface area contributed by atoms with E-state index in [-0.39, 0.29) is 30.6 Å². The first-order chi connectivity index (χ1) is 6.72. The topological polar surface area (TPSA) is 58.2 Å². The van der Waals surface area contributed by atoms with Gasteiger partial charge in [0.05, 0.1) is 18.7 Å². The lowest BCUT2D eigenvalue weighted by molar-refractivity contribution is -0.125. The maximum atomic E-state index is 11.2. The third-order valence-electron chi connectivity index (χ3n) is 1.65. The number of terminal acetylenes is 1. The van der Waals surface area contributed by atoms with Crippen molar-refractivity contribution in [1.82, 2.24) is 10.6 Å². The van der Waals surface area contributed by atoms with Crippen LogP contribution in [0.3, 0.4) is 0 Å². The number of carbonyl (C=O) groups is 2. The molecule has 1 atom stereocenters. The number of rotatable bonds is 4. The van der Waals surface area contributed by atoms with E-state index in [1.54, 1.807) is 0 Å². The maximum Gasteiger partial charge on any atom is 0.240 e. The first kappa shape index (κ1) is 10.7. The van der Waals surface area contributed by atoms with Crippen molar-refractivity contribution in [3.63, 3.8) is 0 Å². The molecule has 2 amide bonds. The molecule has 1 heterocycles. The lowest BCUT2D eigenvalue weighted by Gasteiger charge is -2.18. The summed E-state index contributed by atoms with van der Waals surface area (Å²) in [5.41, 5.74) is 0. The molecule has 5 heteroatoms. The van der Waals surface area contributed by atoms with Crippen LogP contribution in [0, 0.1) is 12.3 Å². The van der Waals surface area contributed by atoms with Crippen molar-refractivity contribution in [2.75, 3.05) is 6.54 Å². The fourth-order valence-electron chi connectivity index (χ4n) is 0.878. The van der Waals surface area contributed by atoms with Crippen LogP contribution < -0.4 is 10.6 Å². The van der Waals surface area contributed by atoms with E-state index in [4.69, 9.17) is 6.42 Å². The van der Waals surface area contributed by atoms with Gasteiger partial charge in [0.2, 0.25) is 11.8 Å². The molecular weight excluding hydrogens is 199 g/mol. The highest BCUT2D eigenvalue weighted by Gasteiger charge is 2.13. The molecule has 74 valence electrons. The van der Waals surface area contributed by atoms with E-state index >= 15 is 0 Å². The molecule has 0 saturated carbocycles. The molecule has 0 fully saturated rings. The van der Waals surface area contributed by atoms with Gasteiger partial charge in [0.1, 0.15) is 0 Å². The summed E-state index contributed by atoms with van der Waals surface area (Å²) in [6, 6.07) is 0. The molecule has 0 saturated heterocycles. The first-order valence-electron chi connectivity index (χ1n) is 4.23. The van der Waals surface area contributed by atoms with Gasteiger partial charge in [-0.1, -0.05) is 19.9 Å². The highest BCUT2D eigenvalue weighted by atomic mass is 31.1. The van der Waals surface area contributed by atoms with Crippen LogP contribution in [0.25, 0.3) is 0 Å². The van der Waals surface area contributed by atoms with Gasteiger partial charge in [-0.3, -0.25) is 9.59 Å². The van der Waals surface area contributed by atoms with Gasteiger partial charge in [-0.15, -0.1) is 6.42 Å². The lowest BCUT2D eigenvalue weighted by Crippen LogP contribution is -2.41. The van der Waals surface area contributed by atoms with Gasteiger partial charge < -0.3 is 10.6 Å². The van der Waals surface area contributed by atoms with Crippen molar-refractivity contribution in [3.05, 3.63) is 0 Å². The van der Waals surface area contributed by atoms with Gasteiger partial charge in [0.15, 0.2) is 0 Å². The third kappa shape index (κ3) is 3.59. The Bertz CT molecular complexity index is 306. The van der Waals surface area contributed by atoms with E-state index < -0.39 is 0 Å². The number of hydrogen-bond acceptors (Lipinski definition) is 2. The molecule has 0 aromatic heterocycles. The van der Waals surface area contributed by atoms with E-state index in [1.165, 1.54) is 0 Å². The van der Waals surface area contributed by atoms with Gasteiger partial charge in [0, 0.05) is 0 Å². The van der Waals surface area contributed by atoms with Crippen LogP contribution in [0.1, 0.15) is 12.8 Å². The van der Waals surface area contributed by atoms with Crippen molar-refractivity contribution in [2.24, 2.45) is 0 Å². The molecule has 1 rings (SSSR count). The van der Waals surface area contributed by atoms with Gasteiger partial charge in [-0.05, 0) is 6.42 Å². The Labute approximate surface area is 84.2 Å². The molecule has 0 aromatic carbocycles. The predicted octanol–water partition coefficient (Wildman–Crippen LogP) is -0.280. The molecule has 1 aliphatic rings. The minimum atomic E-state index is -0.291. The van der Waals surface area contributed by atoms with Crippen LogP contribution in [-0.4, -0.2) is 29.9 Å². The molecule has 0 aromatic rings.